The molecule has 0 aliphatic carbocycles. The molecule has 0 radical (unpaired) electrons. The molecule has 1 aliphatic heterocycles. The highest BCUT2D eigenvalue weighted by Gasteiger charge is 2.18. The molecule has 4 nitrogen and oxygen atoms in total. The zero-order valence-corrected chi connectivity index (χ0v) is 11.2. The van der Waals surface area contributed by atoms with Crippen molar-refractivity contribution in [2.24, 2.45) is 0 Å². The van der Waals surface area contributed by atoms with Crippen molar-refractivity contribution >= 4 is 17.2 Å². The molecule has 0 atom stereocenters. The van der Waals surface area contributed by atoms with Crippen LogP contribution >= 0.6 is 11.3 Å². The van der Waals surface area contributed by atoms with Gasteiger partial charge in [-0.3, -0.25) is 4.98 Å². The molecule has 2 aromatic rings. The third kappa shape index (κ3) is 2.23. The van der Waals surface area contributed by atoms with E-state index in [9.17, 15) is 0 Å². The van der Waals surface area contributed by atoms with Gasteiger partial charge in [-0.1, -0.05) is 0 Å². The van der Waals surface area contributed by atoms with Gasteiger partial charge in [0.05, 0.1) is 18.1 Å². The van der Waals surface area contributed by atoms with Crippen molar-refractivity contribution in [2.45, 2.75) is 19.5 Å². The van der Waals surface area contributed by atoms with Gasteiger partial charge in [0, 0.05) is 24.5 Å². The topological polar surface area (TPSA) is 41.1 Å². The van der Waals surface area contributed by atoms with Gasteiger partial charge >= 0.3 is 0 Å². The second-order valence-corrected chi connectivity index (χ2v) is 5.44. The van der Waals surface area contributed by atoms with Crippen LogP contribution in [0.2, 0.25) is 0 Å². The summed E-state index contributed by atoms with van der Waals surface area (Å²) >= 11 is 1.86. The monoisotopic (exact) mass is 260 g/mol. The van der Waals surface area contributed by atoms with Gasteiger partial charge in [-0.2, -0.15) is 0 Å². The summed E-state index contributed by atoms with van der Waals surface area (Å²) < 4.78 is 0. The van der Waals surface area contributed by atoms with Crippen LogP contribution in [0.25, 0.3) is 0 Å². The highest BCUT2D eigenvalue weighted by Crippen LogP contribution is 2.26. The highest BCUT2D eigenvalue weighted by molar-refractivity contribution is 7.10. The lowest BCUT2D eigenvalue weighted by Crippen LogP contribution is -2.30. The van der Waals surface area contributed by atoms with Gasteiger partial charge in [-0.05, 0) is 30.5 Å². The number of hydrogen-bond donors (Lipinski definition) is 1. The molecule has 0 saturated carbocycles. The summed E-state index contributed by atoms with van der Waals surface area (Å²) in [4.78, 5) is 12.7. The zero-order chi connectivity index (χ0) is 12.4. The number of thiophene rings is 1. The van der Waals surface area contributed by atoms with Gasteiger partial charge in [-0.25, -0.2) is 4.98 Å². The quantitative estimate of drug-likeness (QED) is 0.914. The standard InChI is InChI=1S/C13H16N4S/c1-14-6-11-7-16-13(8-15-11)17-4-2-12-10(9-17)3-5-18-12/h3,5,7-8,14H,2,4,6,9H2,1H3. The fraction of sp³-hybridized carbons (Fsp3) is 0.385. The Kier molecular flexibility index (Phi) is 3.25. The molecule has 3 heterocycles. The number of rotatable bonds is 3. The summed E-state index contributed by atoms with van der Waals surface area (Å²) in [6.45, 7) is 2.76. The summed E-state index contributed by atoms with van der Waals surface area (Å²) in [6.07, 6.45) is 4.85. The normalized spacial score (nSPS) is 14.6. The molecule has 94 valence electrons. The molecule has 0 bridgehead atoms. The maximum Gasteiger partial charge on any atom is 0.147 e. The Morgan fingerprint density at radius 2 is 2.33 bits per heavy atom. The van der Waals surface area contributed by atoms with Crippen molar-refractivity contribution in [1.29, 1.82) is 0 Å². The first kappa shape index (κ1) is 11.6. The van der Waals surface area contributed by atoms with Gasteiger partial charge in [-0.15, -0.1) is 11.3 Å². The second kappa shape index (κ2) is 5.04. The molecule has 3 rings (SSSR count). The first-order valence-corrected chi connectivity index (χ1v) is 7.00. The van der Waals surface area contributed by atoms with Crippen molar-refractivity contribution in [3.8, 4) is 0 Å². The maximum atomic E-state index is 4.51. The molecular weight excluding hydrogens is 244 g/mol. The Morgan fingerprint density at radius 1 is 1.39 bits per heavy atom. The fourth-order valence-electron chi connectivity index (χ4n) is 2.23. The predicted octanol–water partition coefficient (Wildman–Crippen LogP) is 1.82. The van der Waals surface area contributed by atoms with E-state index in [0.717, 1.165) is 37.6 Å². The molecule has 0 unspecified atom stereocenters. The minimum Gasteiger partial charge on any atom is -0.351 e. The van der Waals surface area contributed by atoms with E-state index in [0.29, 0.717) is 0 Å². The van der Waals surface area contributed by atoms with Gasteiger partial charge in [0.15, 0.2) is 0 Å². The van der Waals surface area contributed by atoms with Crippen molar-refractivity contribution < 1.29 is 0 Å². The molecule has 0 amide bonds. The van der Waals surface area contributed by atoms with Gasteiger partial charge in [0.2, 0.25) is 0 Å². The fourth-order valence-corrected chi connectivity index (χ4v) is 3.12. The number of fused-ring (bicyclic) bond motifs is 1. The number of nitrogens with zero attached hydrogens (tertiary/aromatic N) is 3. The molecular formula is C13H16N4S. The van der Waals surface area contributed by atoms with E-state index < -0.39 is 0 Å². The lowest BCUT2D eigenvalue weighted by molar-refractivity contribution is 0.722. The van der Waals surface area contributed by atoms with E-state index in [4.69, 9.17) is 0 Å². The Hall–Kier alpha value is -1.46. The van der Waals surface area contributed by atoms with Crippen LogP contribution in [0.15, 0.2) is 23.8 Å². The molecule has 1 N–H and O–H groups in total. The number of aromatic nitrogens is 2. The number of hydrogen-bond acceptors (Lipinski definition) is 5. The smallest absolute Gasteiger partial charge is 0.147 e. The van der Waals surface area contributed by atoms with E-state index in [2.05, 4.69) is 31.6 Å². The second-order valence-electron chi connectivity index (χ2n) is 4.44. The van der Waals surface area contributed by atoms with Crippen molar-refractivity contribution in [2.75, 3.05) is 18.5 Å². The predicted molar refractivity (Wildman–Crippen MR) is 73.9 cm³/mol. The van der Waals surface area contributed by atoms with Crippen LogP contribution < -0.4 is 10.2 Å². The molecule has 0 saturated heterocycles. The first-order valence-electron chi connectivity index (χ1n) is 6.12. The number of nitrogens with one attached hydrogen (secondary N) is 1. The molecule has 5 heteroatoms. The third-order valence-corrected chi connectivity index (χ3v) is 4.20. The molecule has 1 aliphatic rings. The van der Waals surface area contributed by atoms with Gasteiger partial charge < -0.3 is 10.2 Å². The lowest BCUT2D eigenvalue weighted by atomic mass is 10.1. The van der Waals surface area contributed by atoms with Gasteiger partial charge in [0.1, 0.15) is 5.82 Å². The van der Waals surface area contributed by atoms with Crippen molar-refractivity contribution in [3.63, 3.8) is 0 Å². The zero-order valence-electron chi connectivity index (χ0n) is 10.4. The van der Waals surface area contributed by atoms with Crippen LogP contribution in [0.4, 0.5) is 5.82 Å². The molecule has 0 fully saturated rings. The van der Waals surface area contributed by atoms with Crippen LogP contribution in [-0.2, 0) is 19.5 Å². The summed E-state index contributed by atoms with van der Waals surface area (Å²) in [6, 6.07) is 2.22. The van der Waals surface area contributed by atoms with Crippen LogP contribution in [0.1, 0.15) is 16.1 Å². The largest absolute Gasteiger partial charge is 0.351 e. The van der Waals surface area contributed by atoms with Crippen LogP contribution in [0, 0.1) is 0 Å². The Morgan fingerprint density at radius 3 is 3.11 bits per heavy atom. The molecule has 0 aromatic carbocycles. The van der Waals surface area contributed by atoms with Gasteiger partial charge in [0.25, 0.3) is 0 Å². The maximum absolute atomic E-state index is 4.51. The summed E-state index contributed by atoms with van der Waals surface area (Å²) in [5.74, 6) is 0.978. The summed E-state index contributed by atoms with van der Waals surface area (Å²) in [5.41, 5.74) is 2.42. The van der Waals surface area contributed by atoms with E-state index in [1.54, 1.807) is 0 Å². The van der Waals surface area contributed by atoms with E-state index in [1.165, 1.54) is 10.4 Å². The van der Waals surface area contributed by atoms with Crippen LogP contribution in [-0.4, -0.2) is 23.6 Å². The van der Waals surface area contributed by atoms with Crippen molar-refractivity contribution in [3.05, 3.63) is 40.0 Å². The average Bonchev–Trinajstić information content (AvgIpc) is 2.87. The molecule has 0 spiro atoms. The number of anilines is 1. The van der Waals surface area contributed by atoms with E-state index in [-0.39, 0.29) is 0 Å². The third-order valence-electron chi connectivity index (χ3n) is 3.18. The summed E-state index contributed by atoms with van der Waals surface area (Å²) in [7, 11) is 1.92. The lowest BCUT2D eigenvalue weighted by Gasteiger charge is -2.27. The molecule has 18 heavy (non-hydrogen) atoms. The Labute approximate surface area is 111 Å². The minimum absolute atomic E-state index is 0.766. The Bertz CT molecular complexity index is 520. The Balaban J connectivity index is 1.76. The highest BCUT2D eigenvalue weighted by atomic mass is 32.1. The van der Waals surface area contributed by atoms with E-state index >= 15 is 0 Å². The van der Waals surface area contributed by atoms with Crippen LogP contribution in [0.3, 0.4) is 0 Å². The summed E-state index contributed by atoms with van der Waals surface area (Å²) in [5, 5.41) is 5.25. The SMILES string of the molecule is CNCc1cnc(N2CCc3sccc3C2)cn1. The molecule has 2 aromatic heterocycles. The average molecular weight is 260 g/mol. The van der Waals surface area contributed by atoms with Crippen LogP contribution in [0.5, 0.6) is 0 Å². The van der Waals surface area contributed by atoms with E-state index in [1.807, 2.05) is 30.8 Å². The van der Waals surface area contributed by atoms with Crippen molar-refractivity contribution in [1.82, 2.24) is 15.3 Å². The first-order chi connectivity index (χ1) is 8.86. The minimum atomic E-state index is 0.766.